The third-order valence-electron chi connectivity index (χ3n) is 3.00. The number of nitrogens with zero attached hydrogens (tertiary/aromatic N) is 3. The van der Waals surface area contributed by atoms with Gasteiger partial charge in [-0.1, -0.05) is 32.4 Å². The van der Waals surface area contributed by atoms with Crippen LogP contribution in [-0.4, -0.2) is 21.9 Å². The van der Waals surface area contributed by atoms with Gasteiger partial charge in [0.1, 0.15) is 11.6 Å². The summed E-state index contributed by atoms with van der Waals surface area (Å²) in [6.07, 6.45) is 0. The van der Waals surface area contributed by atoms with Gasteiger partial charge in [-0.25, -0.2) is 0 Å². The standard InChI is InChI=1S/C14H17Cl2N3O/c1-8-6-10(11(20-5)7-9(8)15)19-12(14(2,3)4)17-18-13(19)16/h6-7H,1-5H3. The minimum absolute atomic E-state index is 0.196. The summed E-state index contributed by atoms with van der Waals surface area (Å²) < 4.78 is 7.20. The fourth-order valence-corrected chi connectivity index (χ4v) is 2.31. The Hall–Kier alpha value is -1.26. The largest absolute Gasteiger partial charge is 0.495 e. The van der Waals surface area contributed by atoms with E-state index in [2.05, 4.69) is 31.0 Å². The molecule has 4 nitrogen and oxygen atoms in total. The first kappa shape index (κ1) is 15.1. The zero-order chi connectivity index (χ0) is 15.1. The second-order valence-electron chi connectivity index (χ2n) is 5.65. The Morgan fingerprint density at radius 2 is 1.80 bits per heavy atom. The molecule has 1 aromatic carbocycles. The summed E-state index contributed by atoms with van der Waals surface area (Å²) in [5.41, 5.74) is 1.53. The molecule has 0 aliphatic heterocycles. The maximum Gasteiger partial charge on any atom is 0.229 e. The van der Waals surface area contributed by atoms with Crippen LogP contribution >= 0.6 is 23.2 Å². The second-order valence-corrected chi connectivity index (χ2v) is 6.40. The van der Waals surface area contributed by atoms with E-state index in [1.165, 1.54) is 0 Å². The lowest BCUT2D eigenvalue weighted by atomic mass is 9.95. The number of aromatic nitrogens is 3. The van der Waals surface area contributed by atoms with Gasteiger partial charge in [-0.3, -0.25) is 4.57 Å². The lowest BCUT2D eigenvalue weighted by Gasteiger charge is -2.20. The van der Waals surface area contributed by atoms with Gasteiger partial charge in [0, 0.05) is 16.5 Å². The van der Waals surface area contributed by atoms with Gasteiger partial charge in [0.25, 0.3) is 0 Å². The van der Waals surface area contributed by atoms with E-state index < -0.39 is 0 Å². The van der Waals surface area contributed by atoms with E-state index in [0.29, 0.717) is 16.1 Å². The Morgan fingerprint density at radius 3 is 2.35 bits per heavy atom. The van der Waals surface area contributed by atoms with Crippen molar-refractivity contribution in [3.05, 3.63) is 33.8 Å². The first-order valence-corrected chi connectivity index (χ1v) is 6.97. The summed E-state index contributed by atoms with van der Waals surface area (Å²) >= 11 is 12.3. The van der Waals surface area contributed by atoms with Crippen LogP contribution in [0.4, 0.5) is 0 Å². The number of ether oxygens (including phenoxy) is 1. The molecule has 0 aliphatic carbocycles. The van der Waals surface area contributed by atoms with Crippen molar-refractivity contribution in [2.45, 2.75) is 33.1 Å². The van der Waals surface area contributed by atoms with Gasteiger partial charge in [0.15, 0.2) is 0 Å². The average Bonchev–Trinajstić information content (AvgIpc) is 2.74. The van der Waals surface area contributed by atoms with Gasteiger partial charge in [-0.05, 0) is 30.2 Å². The maximum absolute atomic E-state index is 6.21. The van der Waals surface area contributed by atoms with E-state index in [1.807, 2.05) is 13.0 Å². The molecule has 0 atom stereocenters. The molecule has 6 heteroatoms. The molecule has 20 heavy (non-hydrogen) atoms. The van der Waals surface area contributed by atoms with Crippen LogP contribution in [0.15, 0.2) is 12.1 Å². The van der Waals surface area contributed by atoms with Crippen LogP contribution in [0.5, 0.6) is 5.75 Å². The molecule has 0 radical (unpaired) electrons. The quantitative estimate of drug-likeness (QED) is 0.834. The highest BCUT2D eigenvalue weighted by atomic mass is 35.5. The topological polar surface area (TPSA) is 39.9 Å². The van der Waals surface area contributed by atoms with Crippen molar-refractivity contribution >= 4 is 23.2 Å². The predicted octanol–water partition coefficient (Wildman–Crippen LogP) is 4.19. The van der Waals surface area contributed by atoms with Crippen molar-refractivity contribution < 1.29 is 4.74 Å². The molecule has 108 valence electrons. The number of rotatable bonds is 2. The molecule has 0 spiro atoms. The summed E-state index contributed by atoms with van der Waals surface area (Å²) in [5, 5.41) is 9.11. The number of hydrogen-bond acceptors (Lipinski definition) is 3. The summed E-state index contributed by atoms with van der Waals surface area (Å²) in [7, 11) is 1.60. The van der Waals surface area contributed by atoms with Gasteiger partial charge >= 0.3 is 0 Å². The number of hydrogen-bond donors (Lipinski definition) is 0. The number of aryl methyl sites for hydroxylation is 1. The van der Waals surface area contributed by atoms with Gasteiger partial charge < -0.3 is 4.74 Å². The van der Waals surface area contributed by atoms with E-state index in [1.54, 1.807) is 17.7 Å². The van der Waals surface area contributed by atoms with Crippen molar-refractivity contribution in [1.29, 1.82) is 0 Å². The van der Waals surface area contributed by atoms with Crippen molar-refractivity contribution in [1.82, 2.24) is 14.8 Å². The molecule has 1 heterocycles. The van der Waals surface area contributed by atoms with Gasteiger partial charge in [-0.15, -0.1) is 10.2 Å². The highest BCUT2D eigenvalue weighted by Gasteiger charge is 2.26. The highest BCUT2D eigenvalue weighted by molar-refractivity contribution is 6.31. The fourth-order valence-electron chi connectivity index (χ4n) is 1.95. The zero-order valence-electron chi connectivity index (χ0n) is 12.2. The second kappa shape index (κ2) is 5.26. The molecule has 2 rings (SSSR count). The Labute approximate surface area is 128 Å². The molecule has 0 bridgehead atoms. The van der Waals surface area contributed by atoms with Gasteiger partial charge in [0.2, 0.25) is 5.28 Å². The molecule has 0 saturated carbocycles. The molecule has 2 aromatic rings. The van der Waals surface area contributed by atoms with Crippen LogP contribution in [0, 0.1) is 6.92 Å². The van der Waals surface area contributed by atoms with E-state index in [4.69, 9.17) is 27.9 Å². The van der Waals surface area contributed by atoms with Crippen LogP contribution in [0.25, 0.3) is 5.69 Å². The number of benzene rings is 1. The minimum atomic E-state index is -0.196. The first-order chi connectivity index (χ1) is 9.25. The van der Waals surface area contributed by atoms with E-state index in [-0.39, 0.29) is 5.41 Å². The lowest BCUT2D eigenvalue weighted by molar-refractivity contribution is 0.411. The smallest absolute Gasteiger partial charge is 0.229 e. The van der Waals surface area contributed by atoms with Crippen LogP contribution < -0.4 is 4.74 Å². The van der Waals surface area contributed by atoms with E-state index in [0.717, 1.165) is 17.1 Å². The Morgan fingerprint density at radius 1 is 1.15 bits per heavy atom. The molecule has 0 fully saturated rings. The summed E-state index contributed by atoms with van der Waals surface area (Å²) in [5.74, 6) is 1.40. The first-order valence-electron chi connectivity index (χ1n) is 6.21. The molecule has 0 N–H and O–H groups in total. The monoisotopic (exact) mass is 313 g/mol. The van der Waals surface area contributed by atoms with E-state index >= 15 is 0 Å². The number of halogens is 2. The Bertz CT molecular complexity index is 645. The Balaban J connectivity index is 2.75. The lowest BCUT2D eigenvalue weighted by Crippen LogP contribution is -2.18. The van der Waals surface area contributed by atoms with Gasteiger partial charge in [-0.2, -0.15) is 0 Å². The predicted molar refractivity (Wildman–Crippen MR) is 81.4 cm³/mol. The van der Waals surface area contributed by atoms with Crippen LogP contribution in [-0.2, 0) is 5.41 Å². The average molecular weight is 314 g/mol. The molecular weight excluding hydrogens is 297 g/mol. The summed E-state index contributed by atoms with van der Waals surface area (Å²) in [4.78, 5) is 0. The number of methoxy groups -OCH3 is 1. The summed E-state index contributed by atoms with van der Waals surface area (Å²) in [6.45, 7) is 8.09. The van der Waals surface area contributed by atoms with E-state index in [9.17, 15) is 0 Å². The molecule has 0 saturated heterocycles. The van der Waals surface area contributed by atoms with Crippen LogP contribution in [0.1, 0.15) is 32.2 Å². The van der Waals surface area contributed by atoms with Gasteiger partial charge in [0.05, 0.1) is 12.8 Å². The molecule has 0 aliphatic rings. The van der Waals surface area contributed by atoms with Crippen molar-refractivity contribution in [3.8, 4) is 11.4 Å². The van der Waals surface area contributed by atoms with Crippen molar-refractivity contribution in [2.24, 2.45) is 0 Å². The Kier molecular flexibility index (Phi) is 3.98. The maximum atomic E-state index is 6.21. The van der Waals surface area contributed by atoms with Crippen molar-refractivity contribution in [3.63, 3.8) is 0 Å². The SMILES string of the molecule is COc1cc(Cl)c(C)cc1-n1c(Cl)nnc1C(C)(C)C. The third kappa shape index (κ3) is 2.63. The van der Waals surface area contributed by atoms with Crippen LogP contribution in [0.2, 0.25) is 10.3 Å². The van der Waals surface area contributed by atoms with Crippen molar-refractivity contribution in [2.75, 3.05) is 7.11 Å². The molecule has 0 amide bonds. The fraction of sp³-hybridized carbons (Fsp3) is 0.429. The molecule has 0 unspecified atom stereocenters. The summed E-state index contributed by atoms with van der Waals surface area (Å²) in [6, 6.07) is 3.70. The molecule has 1 aromatic heterocycles. The minimum Gasteiger partial charge on any atom is -0.495 e. The normalized spacial score (nSPS) is 11.8. The van der Waals surface area contributed by atoms with Crippen LogP contribution in [0.3, 0.4) is 0 Å². The highest BCUT2D eigenvalue weighted by Crippen LogP contribution is 2.34. The molecular formula is C14H17Cl2N3O. The zero-order valence-corrected chi connectivity index (χ0v) is 13.7. The third-order valence-corrected chi connectivity index (χ3v) is 3.65.